The molecule has 0 bridgehead atoms. The molecular formula is C19H27NO4. The average molecular weight is 333 g/mol. The van der Waals surface area contributed by atoms with Crippen LogP contribution >= 0.6 is 0 Å². The van der Waals surface area contributed by atoms with Crippen LogP contribution in [-0.4, -0.2) is 30.6 Å². The van der Waals surface area contributed by atoms with Gasteiger partial charge in [-0.2, -0.15) is 0 Å². The minimum Gasteiger partial charge on any atom is -0.496 e. The van der Waals surface area contributed by atoms with Gasteiger partial charge in [0.05, 0.1) is 13.0 Å². The summed E-state index contributed by atoms with van der Waals surface area (Å²) in [6.45, 7) is 0.155. The second-order valence-electron chi connectivity index (χ2n) is 6.48. The summed E-state index contributed by atoms with van der Waals surface area (Å²) in [4.78, 5) is 23.9. The molecular weight excluding hydrogens is 306 g/mol. The van der Waals surface area contributed by atoms with Crippen molar-refractivity contribution in [2.24, 2.45) is 11.8 Å². The van der Waals surface area contributed by atoms with Gasteiger partial charge in [-0.15, -0.1) is 0 Å². The number of methoxy groups -OCH3 is 1. The van der Waals surface area contributed by atoms with Crippen LogP contribution in [0.5, 0.6) is 5.75 Å². The molecule has 1 aliphatic carbocycles. The van der Waals surface area contributed by atoms with Crippen molar-refractivity contribution in [3.05, 3.63) is 29.8 Å². The highest BCUT2D eigenvalue weighted by Crippen LogP contribution is 2.24. The molecule has 5 nitrogen and oxygen atoms in total. The summed E-state index contributed by atoms with van der Waals surface area (Å²) in [5.74, 6) is -0.840. The lowest BCUT2D eigenvalue weighted by Crippen LogP contribution is -2.37. The van der Waals surface area contributed by atoms with E-state index in [0.717, 1.165) is 31.2 Å². The van der Waals surface area contributed by atoms with E-state index in [1.165, 1.54) is 12.8 Å². The molecule has 0 heterocycles. The summed E-state index contributed by atoms with van der Waals surface area (Å²) in [5.41, 5.74) is 0.844. The van der Waals surface area contributed by atoms with Crippen LogP contribution in [0.15, 0.2) is 24.3 Å². The quantitative estimate of drug-likeness (QED) is 0.752. The Morgan fingerprint density at radius 1 is 1.21 bits per heavy atom. The zero-order chi connectivity index (χ0) is 17.4. The van der Waals surface area contributed by atoms with E-state index in [9.17, 15) is 14.7 Å². The fraction of sp³-hybridized carbons (Fsp3) is 0.579. The lowest BCUT2D eigenvalue weighted by molar-refractivity contribution is -0.141. The molecule has 1 fully saturated rings. The van der Waals surface area contributed by atoms with Gasteiger partial charge in [0.25, 0.3) is 0 Å². The standard InChI is InChI=1S/C19H27NO4/c1-24-17-11-7-6-10-15(17)12-16(19(22)23)13-20-18(21)14-8-4-2-3-5-9-14/h6-7,10-11,14,16H,2-5,8-9,12-13H2,1H3,(H,20,21)(H,22,23). The van der Waals surface area contributed by atoms with Gasteiger partial charge in [-0.1, -0.05) is 43.9 Å². The number of rotatable bonds is 7. The molecule has 132 valence electrons. The van der Waals surface area contributed by atoms with Gasteiger partial charge in [0.15, 0.2) is 0 Å². The first-order valence-electron chi connectivity index (χ1n) is 8.74. The average Bonchev–Trinajstić information content (AvgIpc) is 2.87. The zero-order valence-corrected chi connectivity index (χ0v) is 14.3. The van der Waals surface area contributed by atoms with Crippen LogP contribution in [0.1, 0.15) is 44.1 Å². The van der Waals surface area contributed by atoms with Crippen molar-refractivity contribution >= 4 is 11.9 Å². The summed E-state index contributed by atoms with van der Waals surface area (Å²) in [7, 11) is 1.57. The summed E-state index contributed by atoms with van der Waals surface area (Å²) >= 11 is 0. The van der Waals surface area contributed by atoms with Gasteiger partial charge in [0.1, 0.15) is 5.75 Å². The molecule has 1 atom stereocenters. The predicted octanol–water partition coefficient (Wildman–Crippen LogP) is 3.03. The van der Waals surface area contributed by atoms with Crippen molar-refractivity contribution in [1.82, 2.24) is 5.32 Å². The van der Waals surface area contributed by atoms with Crippen molar-refractivity contribution < 1.29 is 19.4 Å². The first-order chi connectivity index (χ1) is 11.6. The molecule has 0 aliphatic heterocycles. The first-order valence-corrected chi connectivity index (χ1v) is 8.74. The van der Waals surface area contributed by atoms with E-state index in [1.807, 2.05) is 24.3 Å². The Kier molecular flexibility index (Phi) is 7.09. The minimum absolute atomic E-state index is 0.00294. The van der Waals surface area contributed by atoms with E-state index >= 15 is 0 Å². The van der Waals surface area contributed by atoms with Gasteiger partial charge in [-0.3, -0.25) is 9.59 Å². The van der Waals surface area contributed by atoms with E-state index < -0.39 is 11.9 Å². The van der Waals surface area contributed by atoms with Gasteiger partial charge in [-0.25, -0.2) is 0 Å². The van der Waals surface area contributed by atoms with Crippen LogP contribution in [0.3, 0.4) is 0 Å². The lowest BCUT2D eigenvalue weighted by atomic mass is 9.96. The van der Waals surface area contributed by atoms with Crippen LogP contribution in [0.4, 0.5) is 0 Å². The SMILES string of the molecule is COc1ccccc1CC(CNC(=O)C1CCCCCC1)C(=O)O. The highest BCUT2D eigenvalue weighted by atomic mass is 16.5. The highest BCUT2D eigenvalue weighted by molar-refractivity contribution is 5.79. The molecule has 2 rings (SSSR count). The molecule has 2 N–H and O–H groups in total. The molecule has 0 saturated heterocycles. The minimum atomic E-state index is -0.901. The molecule has 5 heteroatoms. The Labute approximate surface area is 143 Å². The summed E-state index contributed by atoms with van der Waals surface area (Å²) in [6, 6.07) is 7.40. The lowest BCUT2D eigenvalue weighted by Gasteiger charge is -2.18. The van der Waals surface area contributed by atoms with Crippen LogP contribution in [0, 0.1) is 11.8 Å². The Morgan fingerprint density at radius 2 is 1.88 bits per heavy atom. The third kappa shape index (κ3) is 5.25. The third-order valence-corrected chi connectivity index (χ3v) is 4.76. The van der Waals surface area contributed by atoms with Crippen LogP contribution in [-0.2, 0) is 16.0 Å². The Hall–Kier alpha value is -2.04. The van der Waals surface area contributed by atoms with Crippen molar-refractivity contribution in [3.63, 3.8) is 0 Å². The molecule has 1 aromatic rings. The van der Waals surface area contributed by atoms with Gasteiger partial charge >= 0.3 is 5.97 Å². The van der Waals surface area contributed by atoms with E-state index in [1.54, 1.807) is 7.11 Å². The number of hydrogen-bond acceptors (Lipinski definition) is 3. The van der Waals surface area contributed by atoms with Crippen molar-refractivity contribution in [2.45, 2.75) is 44.9 Å². The van der Waals surface area contributed by atoms with E-state index in [0.29, 0.717) is 12.2 Å². The molecule has 1 aromatic carbocycles. The number of carboxylic acids is 1. The van der Waals surface area contributed by atoms with Gasteiger partial charge in [0.2, 0.25) is 5.91 Å². The number of hydrogen-bond donors (Lipinski definition) is 2. The molecule has 1 aliphatic rings. The Morgan fingerprint density at radius 3 is 2.50 bits per heavy atom. The molecule has 0 radical (unpaired) electrons. The van der Waals surface area contributed by atoms with Crippen LogP contribution < -0.4 is 10.1 Å². The molecule has 1 unspecified atom stereocenters. The second-order valence-corrected chi connectivity index (χ2v) is 6.48. The highest BCUT2D eigenvalue weighted by Gasteiger charge is 2.24. The maximum atomic E-state index is 12.3. The van der Waals surface area contributed by atoms with Crippen LogP contribution in [0.2, 0.25) is 0 Å². The number of aliphatic carboxylic acids is 1. The van der Waals surface area contributed by atoms with E-state index in [2.05, 4.69) is 5.32 Å². The number of ether oxygens (including phenoxy) is 1. The topological polar surface area (TPSA) is 75.6 Å². The maximum Gasteiger partial charge on any atom is 0.308 e. The molecule has 1 saturated carbocycles. The van der Waals surface area contributed by atoms with Crippen molar-refractivity contribution in [3.8, 4) is 5.75 Å². The zero-order valence-electron chi connectivity index (χ0n) is 14.3. The van der Waals surface area contributed by atoms with E-state index in [-0.39, 0.29) is 18.4 Å². The second kappa shape index (κ2) is 9.30. The largest absolute Gasteiger partial charge is 0.496 e. The summed E-state index contributed by atoms with van der Waals surface area (Å²) < 4.78 is 5.28. The number of benzene rings is 1. The molecule has 0 aromatic heterocycles. The Bertz CT molecular complexity index is 550. The normalized spacial score (nSPS) is 16.9. The number of carbonyl (C=O) groups excluding carboxylic acids is 1. The van der Waals surface area contributed by atoms with Gasteiger partial charge < -0.3 is 15.2 Å². The van der Waals surface area contributed by atoms with E-state index in [4.69, 9.17) is 4.74 Å². The monoisotopic (exact) mass is 333 g/mol. The van der Waals surface area contributed by atoms with Gasteiger partial charge in [0, 0.05) is 12.5 Å². The van der Waals surface area contributed by atoms with Gasteiger partial charge in [-0.05, 0) is 30.9 Å². The summed E-state index contributed by atoms with van der Waals surface area (Å²) in [6.07, 6.45) is 6.71. The number of para-hydroxylation sites is 1. The maximum absolute atomic E-state index is 12.3. The Balaban J connectivity index is 1.93. The van der Waals surface area contributed by atoms with Crippen LogP contribution in [0.25, 0.3) is 0 Å². The third-order valence-electron chi connectivity index (χ3n) is 4.76. The number of carbonyl (C=O) groups is 2. The molecule has 0 spiro atoms. The molecule has 24 heavy (non-hydrogen) atoms. The number of nitrogens with one attached hydrogen (secondary N) is 1. The van der Waals surface area contributed by atoms with Crippen molar-refractivity contribution in [2.75, 3.05) is 13.7 Å². The number of amides is 1. The predicted molar refractivity (Wildman–Crippen MR) is 92.0 cm³/mol. The smallest absolute Gasteiger partial charge is 0.308 e. The molecule has 1 amide bonds. The first kappa shape index (κ1) is 18.3. The fourth-order valence-corrected chi connectivity index (χ4v) is 3.29. The summed E-state index contributed by atoms with van der Waals surface area (Å²) in [5, 5.41) is 12.3. The number of carboxylic acid groups (broad SMARTS) is 1. The van der Waals surface area contributed by atoms with Crippen molar-refractivity contribution in [1.29, 1.82) is 0 Å². The fourth-order valence-electron chi connectivity index (χ4n) is 3.29.